The third-order valence-corrected chi connectivity index (χ3v) is 3.81. The maximum atomic E-state index is 12.7. The van der Waals surface area contributed by atoms with E-state index in [0.29, 0.717) is 4.73 Å². The van der Waals surface area contributed by atoms with Gasteiger partial charge in [0.1, 0.15) is 5.75 Å². The number of rotatable bonds is 4. The normalized spacial score (nSPS) is 11.4. The minimum absolute atomic E-state index is 0.0651. The molecular formula is C18H14F3N3O4. The van der Waals surface area contributed by atoms with E-state index in [2.05, 4.69) is 10.3 Å². The first-order valence-corrected chi connectivity index (χ1v) is 8.10. The lowest BCUT2D eigenvalue weighted by atomic mass is 10.1. The Kier molecular flexibility index (Phi) is 4.95. The van der Waals surface area contributed by atoms with Crippen molar-refractivity contribution in [1.82, 2.24) is 15.0 Å². The van der Waals surface area contributed by atoms with Gasteiger partial charge in [-0.1, -0.05) is 0 Å². The first kappa shape index (κ1) is 19.2. The van der Waals surface area contributed by atoms with Gasteiger partial charge < -0.3 is 15.3 Å². The number of hydrogen-bond donors (Lipinski definition) is 2. The van der Waals surface area contributed by atoms with Gasteiger partial charge in [0.2, 0.25) is 0 Å². The van der Waals surface area contributed by atoms with Gasteiger partial charge >= 0.3 is 11.7 Å². The summed E-state index contributed by atoms with van der Waals surface area (Å²) in [5.74, 6) is -1.47. The number of halogens is 3. The highest BCUT2D eigenvalue weighted by molar-refractivity contribution is 6.01. The van der Waals surface area contributed by atoms with Crippen molar-refractivity contribution >= 4 is 16.9 Å². The molecule has 28 heavy (non-hydrogen) atoms. The van der Waals surface area contributed by atoms with E-state index in [9.17, 15) is 27.9 Å². The number of hydrogen-bond acceptors (Lipinski definition) is 5. The fourth-order valence-corrected chi connectivity index (χ4v) is 2.53. The average molecular weight is 393 g/mol. The molecule has 0 fully saturated rings. The van der Waals surface area contributed by atoms with E-state index in [1.807, 2.05) is 0 Å². The van der Waals surface area contributed by atoms with Crippen LogP contribution in [0.5, 0.6) is 11.5 Å². The van der Waals surface area contributed by atoms with Crippen molar-refractivity contribution in [2.45, 2.75) is 13.1 Å². The van der Waals surface area contributed by atoms with E-state index in [1.54, 1.807) is 6.92 Å². The zero-order chi connectivity index (χ0) is 20.5. The Balaban J connectivity index is 2.15. The molecule has 2 heterocycles. The number of pyridine rings is 2. The van der Waals surface area contributed by atoms with Gasteiger partial charge in [0.15, 0.2) is 17.0 Å². The summed E-state index contributed by atoms with van der Waals surface area (Å²) >= 11 is 0. The second-order valence-corrected chi connectivity index (χ2v) is 5.67. The first-order chi connectivity index (χ1) is 13.2. The van der Waals surface area contributed by atoms with E-state index < -0.39 is 34.5 Å². The van der Waals surface area contributed by atoms with Gasteiger partial charge in [-0.3, -0.25) is 9.59 Å². The standard InChI is InChI=1S/C18H14F3N3O4/c1-2-22-16(26)13-14(25)12-4-3-9-23-15(12)24(17(13)27)28-11-7-5-10(6-8-11)18(19,20)21/h3-9,25H,2H2,1H3,(H,22,26). The number of carbonyl (C=O) groups is 1. The lowest BCUT2D eigenvalue weighted by molar-refractivity contribution is -0.137. The van der Waals surface area contributed by atoms with Crippen molar-refractivity contribution in [1.29, 1.82) is 0 Å². The maximum Gasteiger partial charge on any atom is 0.416 e. The van der Waals surface area contributed by atoms with Crippen molar-refractivity contribution in [3.8, 4) is 11.5 Å². The largest absolute Gasteiger partial charge is 0.506 e. The molecule has 0 spiro atoms. The quantitative estimate of drug-likeness (QED) is 0.711. The van der Waals surface area contributed by atoms with Crippen LogP contribution in [0.25, 0.3) is 11.0 Å². The van der Waals surface area contributed by atoms with Crippen molar-refractivity contribution in [2.24, 2.45) is 0 Å². The van der Waals surface area contributed by atoms with E-state index in [-0.39, 0.29) is 23.3 Å². The summed E-state index contributed by atoms with van der Waals surface area (Å²) in [6, 6.07) is 6.55. The van der Waals surface area contributed by atoms with Crippen LogP contribution in [-0.2, 0) is 6.18 Å². The van der Waals surface area contributed by atoms with Gasteiger partial charge in [-0.05, 0) is 43.3 Å². The molecule has 0 aliphatic carbocycles. The SMILES string of the molecule is CCNC(=O)c1c(O)c2cccnc2n(Oc2ccc(C(F)(F)F)cc2)c1=O. The van der Waals surface area contributed by atoms with Crippen LogP contribution >= 0.6 is 0 Å². The molecule has 0 bridgehead atoms. The Morgan fingerprint density at radius 2 is 1.93 bits per heavy atom. The molecule has 0 saturated carbocycles. The predicted molar refractivity (Wildman–Crippen MR) is 93.1 cm³/mol. The van der Waals surface area contributed by atoms with Crippen molar-refractivity contribution < 1.29 is 27.9 Å². The number of amides is 1. The first-order valence-electron chi connectivity index (χ1n) is 8.10. The Bertz CT molecular complexity index is 1090. The molecular weight excluding hydrogens is 379 g/mol. The molecule has 0 unspecified atom stereocenters. The predicted octanol–water partition coefficient (Wildman–Crippen LogP) is 2.71. The highest BCUT2D eigenvalue weighted by Gasteiger charge is 2.30. The molecule has 0 aliphatic rings. The third-order valence-electron chi connectivity index (χ3n) is 3.81. The van der Waals surface area contributed by atoms with E-state index >= 15 is 0 Å². The molecule has 2 aromatic heterocycles. The number of fused-ring (bicyclic) bond motifs is 1. The number of benzene rings is 1. The number of carbonyl (C=O) groups excluding carboxylic acids is 1. The van der Waals surface area contributed by atoms with Crippen LogP contribution in [0.2, 0.25) is 0 Å². The van der Waals surface area contributed by atoms with E-state index in [4.69, 9.17) is 4.84 Å². The topological polar surface area (TPSA) is 93.5 Å². The number of nitrogens with zero attached hydrogens (tertiary/aromatic N) is 2. The Morgan fingerprint density at radius 1 is 1.25 bits per heavy atom. The molecule has 0 atom stereocenters. The summed E-state index contributed by atoms with van der Waals surface area (Å²) in [7, 11) is 0. The second-order valence-electron chi connectivity index (χ2n) is 5.67. The number of aromatic hydroxyl groups is 1. The fourth-order valence-electron chi connectivity index (χ4n) is 2.53. The third kappa shape index (κ3) is 3.48. The minimum atomic E-state index is -4.52. The number of aromatic nitrogens is 2. The Labute approximate surface area is 156 Å². The summed E-state index contributed by atoms with van der Waals surface area (Å²) in [6.07, 6.45) is -3.19. The molecule has 0 radical (unpaired) electrons. The van der Waals surface area contributed by atoms with Gasteiger partial charge in [-0.25, -0.2) is 4.98 Å². The smallest absolute Gasteiger partial charge is 0.416 e. The average Bonchev–Trinajstić information content (AvgIpc) is 2.65. The number of nitrogens with one attached hydrogen (secondary N) is 1. The monoisotopic (exact) mass is 393 g/mol. The maximum absolute atomic E-state index is 12.7. The summed E-state index contributed by atoms with van der Waals surface area (Å²) < 4.78 is 38.8. The molecule has 3 rings (SSSR count). The van der Waals surface area contributed by atoms with E-state index in [0.717, 1.165) is 24.3 Å². The highest BCUT2D eigenvalue weighted by atomic mass is 19.4. The zero-order valence-corrected chi connectivity index (χ0v) is 14.4. The summed E-state index contributed by atoms with van der Waals surface area (Å²) in [6.45, 7) is 1.84. The summed E-state index contributed by atoms with van der Waals surface area (Å²) in [4.78, 5) is 34.3. The molecule has 7 nitrogen and oxygen atoms in total. The van der Waals surface area contributed by atoms with Crippen LogP contribution in [0.15, 0.2) is 47.4 Å². The van der Waals surface area contributed by atoms with Crippen molar-refractivity contribution in [2.75, 3.05) is 6.54 Å². The molecule has 1 aromatic carbocycles. The second kappa shape index (κ2) is 7.22. The fraction of sp³-hybridized carbons (Fsp3) is 0.167. The molecule has 146 valence electrons. The molecule has 3 aromatic rings. The van der Waals surface area contributed by atoms with Gasteiger partial charge in [-0.15, -0.1) is 4.73 Å². The van der Waals surface area contributed by atoms with Crippen LogP contribution < -0.4 is 15.7 Å². The summed E-state index contributed by atoms with van der Waals surface area (Å²) in [5, 5.41) is 12.8. The van der Waals surface area contributed by atoms with Gasteiger partial charge in [0.25, 0.3) is 5.91 Å². The van der Waals surface area contributed by atoms with Crippen LogP contribution in [-0.4, -0.2) is 27.3 Å². The Morgan fingerprint density at radius 3 is 2.54 bits per heavy atom. The molecule has 2 N–H and O–H groups in total. The van der Waals surface area contributed by atoms with Crippen LogP contribution in [0, 0.1) is 0 Å². The Hall–Kier alpha value is -3.56. The van der Waals surface area contributed by atoms with Crippen LogP contribution in [0.3, 0.4) is 0 Å². The van der Waals surface area contributed by atoms with Gasteiger partial charge in [-0.2, -0.15) is 13.2 Å². The minimum Gasteiger partial charge on any atom is -0.506 e. The van der Waals surface area contributed by atoms with E-state index in [1.165, 1.54) is 18.3 Å². The molecule has 1 amide bonds. The van der Waals surface area contributed by atoms with Crippen LogP contribution in [0.4, 0.5) is 13.2 Å². The molecule has 10 heteroatoms. The lowest BCUT2D eigenvalue weighted by Gasteiger charge is -2.14. The molecule has 0 aliphatic heterocycles. The van der Waals surface area contributed by atoms with Gasteiger partial charge in [0.05, 0.1) is 10.9 Å². The zero-order valence-electron chi connectivity index (χ0n) is 14.4. The lowest BCUT2D eigenvalue weighted by Crippen LogP contribution is -2.35. The van der Waals surface area contributed by atoms with Crippen LogP contribution in [0.1, 0.15) is 22.8 Å². The van der Waals surface area contributed by atoms with Gasteiger partial charge in [0, 0.05) is 12.7 Å². The van der Waals surface area contributed by atoms with Crippen molar-refractivity contribution in [3.63, 3.8) is 0 Å². The van der Waals surface area contributed by atoms with Crippen molar-refractivity contribution in [3.05, 3.63) is 64.1 Å². The summed E-state index contributed by atoms with van der Waals surface area (Å²) in [5.41, 5.74) is -2.55. The highest BCUT2D eigenvalue weighted by Crippen LogP contribution is 2.31. The molecule has 0 saturated heterocycles. The number of alkyl halides is 3.